The van der Waals surface area contributed by atoms with Crippen molar-refractivity contribution in [2.45, 2.75) is 0 Å². The molecule has 0 spiro atoms. The van der Waals surface area contributed by atoms with Crippen LogP contribution in [0.25, 0.3) is 0 Å². The first-order chi connectivity index (χ1) is 13.1. The molecule has 9 nitrogen and oxygen atoms in total. The highest BCUT2D eigenvalue weighted by atomic mass is 16.5. The van der Waals surface area contributed by atoms with E-state index in [2.05, 4.69) is 15.3 Å². The van der Waals surface area contributed by atoms with E-state index >= 15 is 0 Å². The zero-order valence-electron chi connectivity index (χ0n) is 14.8. The predicted molar refractivity (Wildman–Crippen MR) is 96.6 cm³/mol. The summed E-state index contributed by atoms with van der Waals surface area (Å²) in [5, 5.41) is 2.98. The molecule has 1 aromatic heterocycles. The van der Waals surface area contributed by atoms with Gasteiger partial charge >= 0.3 is 5.97 Å². The molecule has 0 atom stereocenters. The first-order valence-electron chi connectivity index (χ1n) is 8.38. The van der Waals surface area contributed by atoms with Crippen LogP contribution in [-0.2, 0) is 9.53 Å². The van der Waals surface area contributed by atoms with Gasteiger partial charge in [-0.25, -0.2) is 14.8 Å². The molecule has 2 heterocycles. The third kappa shape index (κ3) is 4.38. The zero-order valence-corrected chi connectivity index (χ0v) is 14.8. The largest absolute Gasteiger partial charge is 0.465 e. The van der Waals surface area contributed by atoms with Crippen LogP contribution < -0.4 is 5.32 Å². The fraction of sp³-hybridized carbons (Fsp3) is 0.278. The third-order valence-corrected chi connectivity index (χ3v) is 4.17. The molecule has 1 saturated heterocycles. The second kappa shape index (κ2) is 8.26. The number of anilines is 2. The number of amides is 2. The Kier molecular flexibility index (Phi) is 5.60. The van der Waals surface area contributed by atoms with Crippen LogP contribution >= 0.6 is 0 Å². The number of carbonyl (C=O) groups is 3. The average Bonchev–Trinajstić information content (AvgIpc) is 2.73. The van der Waals surface area contributed by atoms with Gasteiger partial charge < -0.3 is 19.9 Å². The summed E-state index contributed by atoms with van der Waals surface area (Å²) in [4.78, 5) is 46.7. The summed E-state index contributed by atoms with van der Waals surface area (Å²) in [6, 6.07) is 8.25. The summed E-state index contributed by atoms with van der Waals surface area (Å²) in [6.45, 7) is 1.94. The van der Waals surface area contributed by atoms with E-state index in [-0.39, 0.29) is 17.5 Å². The quantitative estimate of drug-likeness (QED) is 0.617. The van der Waals surface area contributed by atoms with Crippen molar-refractivity contribution in [1.29, 1.82) is 0 Å². The summed E-state index contributed by atoms with van der Waals surface area (Å²) in [6.07, 6.45) is 2.28. The molecule has 1 N–H and O–H groups in total. The van der Waals surface area contributed by atoms with Gasteiger partial charge in [0.15, 0.2) is 0 Å². The smallest absolute Gasteiger partial charge is 0.337 e. The van der Waals surface area contributed by atoms with Crippen molar-refractivity contribution < 1.29 is 19.1 Å². The normalized spacial score (nSPS) is 13.8. The van der Waals surface area contributed by atoms with Gasteiger partial charge in [0, 0.05) is 38.1 Å². The van der Waals surface area contributed by atoms with E-state index in [4.69, 9.17) is 4.74 Å². The van der Waals surface area contributed by atoms with Gasteiger partial charge in [-0.1, -0.05) is 6.07 Å². The Balaban J connectivity index is 1.71. The number of hydrogen-bond acceptors (Lipinski definition) is 7. The van der Waals surface area contributed by atoms with Crippen molar-refractivity contribution in [2.75, 3.05) is 38.6 Å². The molecular formula is C18H19N5O4. The highest BCUT2D eigenvalue weighted by molar-refractivity contribution is 5.93. The molecule has 2 aromatic rings. The second-order valence-corrected chi connectivity index (χ2v) is 5.90. The Morgan fingerprint density at radius 2 is 1.96 bits per heavy atom. The number of aromatic nitrogens is 2. The SMILES string of the molecule is COC(=O)c1cccc(Nc2nccc(C(=O)N3CCN(C=O)CC3)n2)c1. The van der Waals surface area contributed by atoms with Gasteiger partial charge in [0.25, 0.3) is 5.91 Å². The molecule has 1 fully saturated rings. The molecule has 1 aliphatic rings. The van der Waals surface area contributed by atoms with Crippen molar-refractivity contribution in [2.24, 2.45) is 0 Å². The van der Waals surface area contributed by atoms with Gasteiger partial charge in [-0.05, 0) is 24.3 Å². The number of benzene rings is 1. The molecular weight excluding hydrogens is 350 g/mol. The van der Waals surface area contributed by atoms with E-state index in [1.165, 1.54) is 13.3 Å². The van der Waals surface area contributed by atoms with Gasteiger partial charge in [-0.2, -0.15) is 0 Å². The number of esters is 1. The van der Waals surface area contributed by atoms with Crippen molar-refractivity contribution >= 4 is 29.9 Å². The Morgan fingerprint density at radius 3 is 2.67 bits per heavy atom. The first kappa shape index (κ1) is 18.3. The maximum Gasteiger partial charge on any atom is 0.337 e. The molecule has 0 radical (unpaired) electrons. The lowest BCUT2D eigenvalue weighted by Gasteiger charge is -2.32. The molecule has 1 aliphatic heterocycles. The summed E-state index contributed by atoms with van der Waals surface area (Å²) >= 11 is 0. The minimum atomic E-state index is -0.446. The highest BCUT2D eigenvalue weighted by Gasteiger charge is 2.22. The minimum absolute atomic E-state index is 0.214. The van der Waals surface area contributed by atoms with E-state index in [0.717, 1.165) is 6.41 Å². The summed E-state index contributed by atoms with van der Waals surface area (Å²) in [5.74, 6) is -0.415. The van der Waals surface area contributed by atoms with Gasteiger partial charge in [0.1, 0.15) is 5.69 Å². The summed E-state index contributed by atoms with van der Waals surface area (Å²) < 4.78 is 4.70. The Labute approximate surface area is 156 Å². The van der Waals surface area contributed by atoms with Gasteiger partial charge in [0.05, 0.1) is 12.7 Å². The number of rotatable bonds is 5. The van der Waals surface area contributed by atoms with Crippen LogP contribution in [0.3, 0.4) is 0 Å². The van der Waals surface area contributed by atoms with Crippen LogP contribution in [0.4, 0.5) is 11.6 Å². The van der Waals surface area contributed by atoms with E-state index in [0.29, 0.717) is 37.4 Å². The van der Waals surface area contributed by atoms with E-state index in [1.807, 2.05) is 0 Å². The standard InChI is InChI=1S/C18H19N5O4/c1-27-17(26)13-3-2-4-14(11-13)20-18-19-6-5-15(21-18)16(25)23-9-7-22(12-24)8-10-23/h2-6,11-12H,7-10H2,1H3,(H,19,20,21). The molecule has 140 valence electrons. The average molecular weight is 369 g/mol. The molecule has 1 aromatic carbocycles. The van der Waals surface area contributed by atoms with Crippen LogP contribution in [0.15, 0.2) is 36.5 Å². The maximum atomic E-state index is 12.6. The second-order valence-electron chi connectivity index (χ2n) is 5.90. The van der Waals surface area contributed by atoms with Crippen LogP contribution in [0.1, 0.15) is 20.8 Å². The van der Waals surface area contributed by atoms with Crippen LogP contribution in [0.2, 0.25) is 0 Å². The van der Waals surface area contributed by atoms with Gasteiger partial charge in [-0.3, -0.25) is 9.59 Å². The van der Waals surface area contributed by atoms with Crippen molar-refractivity contribution in [1.82, 2.24) is 19.8 Å². The number of carbonyl (C=O) groups excluding carboxylic acids is 3. The highest BCUT2D eigenvalue weighted by Crippen LogP contribution is 2.16. The van der Waals surface area contributed by atoms with E-state index in [1.54, 1.807) is 40.1 Å². The number of nitrogens with one attached hydrogen (secondary N) is 1. The maximum absolute atomic E-state index is 12.6. The fourth-order valence-corrected chi connectivity index (χ4v) is 2.70. The lowest BCUT2D eigenvalue weighted by molar-refractivity contribution is -0.119. The molecule has 27 heavy (non-hydrogen) atoms. The fourth-order valence-electron chi connectivity index (χ4n) is 2.70. The Hall–Kier alpha value is -3.49. The van der Waals surface area contributed by atoms with E-state index < -0.39 is 5.97 Å². The molecule has 0 aliphatic carbocycles. The molecule has 0 saturated carbocycles. The number of hydrogen-bond donors (Lipinski definition) is 1. The van der Waals surface area contributed by atoms with Crippen molar-refractivity contribution in [3.8, 4) is 0 Å². The lowest BCUT2D eigenvalue weighted by Crippen LogP contribution is -2.48. The summed E-state index contributed by atoms with van der Waals surface area (Å²) in [7, 11) is 1.32. The molecule has 9 heteroatoms. The van der Waals surface area contributed by atoms with Crippen LogP contribution in [0.5, 0.6) is 0 Å². The topological polar surface area (TPSA) is 105 Å². The Bertz CT molecular complexity index is 849. The zero-order chi connectivity index (χ0) is 19.2. The molecule has 2 amide bonds. The predicted octanol–water partition coefficient (Wildman–Crippen LogP) is 0.921. The minimum Gasteiger partial charge on any atom is -0.465 e. The molecule has 0 bridgehead atoms. The third-order valence-electron chi connectivity index (χ3n) is 4.17. The van der Waals surface area contributed by atoms with Crippen molar-refractivity contribution in [3.63, 3.8) is 0 Å². The molecule has 0 unspecified atom stereocenters. The number of ether oxygens (including phenoxy) is 1. The number of nitrogens with zero attached hydrogens (tertiary/aromatic N) is 4. The van der Waals surface area contributed by atoms with Crippen LogP contribution in [0, 0.1) is 0 Å². The van der Waals surface area contributed by atoms with Crippen molar-refractivity contribution in [3.05, 3.63) is 47.8 Å². The molecule has 3 rings (SSSR count). The van der Waals surface area contributed by atoms with E-state index in [9.17, 15) is 14.4 Å². The van der Waals surface area contributed by atoms with Gasteiger partial charge in [0.2, 0.25) is 12.4 Å². The lowest BCUT2D eigenvalue weighted by atomic mass is 10.2. The van der Waals surface area contributed by atoms with Crippen LogP contribution in [-0.4, -0.2) is 71.3 Å². The number of methoxy groups -OCH3 is 1. The first-order valence-corrected chi connectivity index (χ1v) is 8.38. The summed E-state index contributed by atoms with van der Waals surface area (Å²) in [5.41, 5.74) is 1.25. The monoisotopic (exact) mass is 369 g/mol. The Morgan fingerprint density at radius 1 is 1.19 bits per heavy atom. The van der Waals surface area contributed by atoms with Gasteiger partial charge in [-0.15, -0.1) is 0 Å². The number of piperazine rings is 1.